The molecule has 0 spiro atoms. The molecule has 2 heteroatoms. The molecule has 15 heavy (non-hydrogen) atoms. The van der Waals surface area contributed by atoms with E-state index in [9.17, 15) is 4.79 Å². The van der Waals surface area contributed by atoms with E-state index in [1.165, 1.54) is 6.08 Å². The molecule has 1 aromatic rings. The van der Waals surface area contributed by atoms with E-state index in [0.29, 0.717) is 0 Å². The summed E-state index contributed by atoms with van der Waals surface area (Å²) in [6.07, 6.45) is 6.03. The van der Waals surface area contributed by atoms with Crippen molar-refractivity contribution in [2.24, 2.45) is 0 Å². The van der Waals surface area contributed by atoms with Crippen LogP contribution < -0.4 is 4.74 Å². The number of rotatable bonds is 4. The standard InChI is InChI=1S/C13H14O2/c1-11(4-3-9-14)10-12-5-7-13(15-2)8-6-12/h3-10H,1-2H3/b4-3-,11-10+. The van der Waals surface area contributed by atoms with Crippen molar-refractivity contribution < 1.29 is 9.53 Å². The fraction of sp³-hybridized carbons (Fsp3) is 0.154. The number of hydrogen-bond donors (Lipinski definition) is 0. The van der Waals surface area contributed by atoms with Crippen LogP contribution in [0.25, 0.3) is 6.08 Å². The van der Waals surface area contributed by atoms with Crippen LogP contribution in [0.2, 0.25) is 0 Å². The summed E-state index contributed by atoms with van der Waals surface area (Å²) in [5.41, 5.74) is 2.12. The molecule has 0 unspecified atom stereocenters. The molecule has 0 aliphatic carbocycles. The molecular formula is C13H14O2. The number of aldehydes is 1. The Morgan fingerprint density at radius 2 is 1.93 bits per heavy atom. The highest BCUT2D eigenvalue weighted by Gasteiger charge is 1.90. The third-order valence-corrected chi connectivity index (χ3v) is 1.95. The number of methoxy groups -OCH3 is 1. The van der Waals surface area contributed by atoms with Crippen LogP contribution in [0.5, 0.6) is 5.75 Å². The van der Waals surface area contributed by atoms with Crippen molar-refractivity contribution in [3.63, 3.8) is 0 Å². The van der Waals surface area contributed by atoms with E-state index in [4.69, 9.17) is 4.74 Å². The minimum absolute atomic E-state index is 0.769. The molecule has 0 heterocycles. The van der Waals surface area contributed by atoms with Crippen LogP contribution in [0.1, 0.15) is 12.5 Å². The molecular weight excluding hydrogens is 188 g/mol. The average Bonchev–Trinajstić information content (AvgIpc) is 2.27. The number of carbonyl (C=O) groups is 1. The lowest BCUT2D eigenvalue weighted by Crippen LogP contribution is -1.81. The first kappa shape index (κ1) is 11.2. The van der Waals surface area contributed by atoms with E-state index in [1.54, 1.807) is 13.2 Å². The minimum atomic E-state index is 0.769. The first-order valence-corrected chi connectivity index (χ1v) is 4.70. The highest BCUT2D eigenvalue weighted by Crippen LogP contribution is 2.14. The maximum Gasteiger partial charge on any atom is 0.142 e. The second kappa shape index (κ2) is 5.81. The second-order valence-electron chi connectivity index (χ2n) is 3.16. The monoisotopic (exact) mass is 202 g/mol. The molecule has 0 fully saturated rings. The van der Waals surface area contributed by atoms with Crippen LogP contribution in [0.3, 0.4) is 0 Å². The Labute approximate surface area is 89.9 Å². The van der Waals surface area contributed by atoms with E-state index >= 15 is 0 Å². The van der Waals surface area contributed by atoms with Crippen molar-refractivity contribution >= 4 is 12.4 Å². The summed E-state index contributed by atoms with van der Waals surface area (Å²) in [4.78, 5) is 10.1. The largest absolute Gasteiger partial charge is 0.497 e. The number of allylic oxidation sites excluding steroid dienone is 3. The lowest BCUT2D eigenvalue weighted by atomic mass is 10.1. The minimum Gasteiger partial charge on any atom is -0.497 e. The molecule has 0 aliphatic heterocycles. The van der Waals surface area contributed by atoms with Gasteiger partial charge in [0.05, 0.1) is 7.11 Å². The molecule has 78 valence electrons. The van der Waals surface area contributed by atoms with Gasteiger partial charge in [0.25, 0.3) is 0 Å². The van der Waals surface area contributed by atoms with E-state index < -0.39 is 0 Å². The normalized spacial score (nSPS) is 11.7. The molecule has 0 saturated heterocycles. The summed E-state index contributed by atoms with van der Waals surface area (Å²) in [7, 11) is 1.64. The Hall–Kier alpha value is -1.83. The molecule has 0 N–H and O–H groups in total. The third kappa shape index (κ3) is 3.81. The SMILES string of the molecule is COc1ccc(/C=C(C)/C=C\C=O)cc1. The summed E-state index contributed by atoms with van der Waals surface area (Å²) < 4.78 is 5.06. The predicted octanol–water partition coefficient (Wildman–Crippen LogP) is 2.85. The Balaban J connectivity index is 2.79. The van der Waals surface area contributed by atoms with Gasteiger partial charge in [-0.05, 0) is 30.7 Å². The van der Waals surface area contributed by atoms with Crippen molar-refractivity contribution in [3.8, 4) is 5.75 Å². The molecule has 0 aliphatic rings. The van der Waals surface area contributed by atoms with Gasteiger partial charge in [0, 0.05) is 0 Å². The van der Waals surface area contributed by atoms with Crippen LogP contribution in [0.15, 0.2) is 42.0 Å². The Morgan fingerprint density at radius 3 is 2.47 bits per heavy atom. The highest BCUT2D eigenvalue weighted by atomic mass is 16.5. The first-order valence-electron chi connectivity index (χ1n) is 4.70. The van der Waals surface area contributed by atoms with Crippen LogP contribution in [0, 0.1) is 0 Å². The molecule has 0 bridgehead atoms. The van der Waals surface area contributed by atoms with Gasteiger partial charge in [-0.1, -0.05) is 29.9 Å². The van der Waals surface area contributed by atoms with Gasteiger partial charge < -0.3 is 4.74 Å². The Bertz CT molecular complexity index is 372. The Morgan fingerprint density at radius 1 is 1.27 bits per heavy atom. The number of carbonyl (C=O) groups excluding carboxylic acids is 1. The van der Waals surface area contributed by atoms with Gasteiger partial charge in [-0.3, -0.25) is 4.79 Å². The van der Waals surface area contributed by atoms with Gasteiger partial charge in [-0.25, -0.2) is 0 Å². The zero-order valence-corrected chi connectivity index (χ0v) is 8.94. The molecule has 2 nitrogen and oxygen atoms in total. The summed E-state index contributed by atoms with van der Waals surface area (Å²) in [6.45, 7) is 1.95. The van der Waals surface area contributed by atoms with E-state index in [-0.39, 0.29) is 0 Å². The van der Waals surface area contributed by atoms with Crippen LogP contribution in [0.4, 0.5) is 0 Å². The van der Waals surface area contributed by atoms with Gasteiger partial charge >= 0.3 is 0 Å². The van der Waals surface area contributed by atoms with Crippen LogP contribution in [-0.2, 0) is 4.79 Å². The lowest BCUT2D eigenvalue weighted by molar-refractivity contribution is -0.104. The van der Waals surface area contributed by atoms with Crippen molar-refractivity contribution in [3.05, 3.63) is 47.6 Å². The van der Waals surface area contributed by atoms with E-state index in [0.717, 1.165) is 23.2 Å². The summed E-state index contributed by atoms with van der Waals surface area (Å²) in [6, 6.07) is 7.75. The number of hydrogen-bond acceptors (Lipinski definition) is 2. The summed E-state index contributed by atoms with van der Waals surface area (Å²) in [5, 5.41) is 0. The zero-order chi connectivity index (χ0) is 11.1. The molecule has 0 saturated carbocycles. The molecule has 0 radical (unpaired) electrons. The lowest BCUT2D eigenvalue weighted by Gasteiger charge is -1.99. The van der Waals surface area contributed by atoms with Gasteiger partial charge in [0.1, 0.15) is 12.0 Å². The summed E-state index contributed by atoms with van der Waals surface area (Å²) >= 11 is 0. The number of ether oxygens (including phenoxy) is 1. The molecule has 1 rings (SSSR count). The molecule has 0 atom stereocenters. The fourth-order valence-corrected chi connectivity index (χ4v) is 1.20. The smallest absolute Gasteiger partial charge is 0.142 e. The third-order valence-electron chi connectivity index (χ3n) is 1.95. The van der Waals surface area contributed by atoms with Gasteiger partial charge in [-0.15, -0.1) is 0 Å². The predicted molar refractivity (Wildman–Crippen MR) is 61.8 cm³/mol. The topological polar surface area (TPSA) is 26.3 Å². The molecule has 1 aromatic carbocycles. The van der Waals surface area contributed by atoms with Gasteiger partial charge in [0.2, 0.25) is 0 Å². The quantitative estimate of drug-likeness (QED) is 0.426. The number of benzene rings is 1. The first-order chi connectivity index (χ1) is 7.26. The Kier molecular flexibility index (Phi) is 4.35. The fourth-order valence-electron chi connectivity index (χ4n) is 1.20. The van der Waals surface area contributed by atoms with Crippen molar-refractivity contribution in [2.45, 2.75) is 6.92 Å². The molecule has 0 amide bonds. The van der Waals surface area contributed by atoms with E-state index in [1.807, 2.05) is 37.3 Å². The van der Waals surface area contributed by atoms with Crippen LogP contribution in [-0.4, -0.2) is 13.4 Å². The maximum absolute atomic E-state index is 10.1. The summed E-state index contributed by atoms with van der Waals surface area (Å²) in [5.74, 6) is 0.841. The van der Waals surface area contributed by atoms with Crippen molar-refractivity contribution in [1.29, 1.82) is 0 Å². The van der Waals surface area contributed by atoms with Crippen molar-refractivity contribution in [1.82, 2.24) is 0 Å². The molecule has 0 aromatic heterocycles. The van der Waals surface area contributed by atoms with Gasteiger partial charge in [0.15, 0.2) is 0 Å². The van der Waals surface area contributed by atoms with Crippen LogP contribution >= 0.6 is 0 Å². The van der Waals surface area contributed by atoms with E-state index in [2.05, 4.69) is 0 Å². The average molecular weight is 202 g/mol. The highest BCUT2D eigenvalue weighted by molar-refractivity contribution is 5.67. The zero-order valence-electron chi connectivity index (χ0n) is 8.94. The van der Waals surface area contributed by atoms with Crippen molar-refractivity contribution in [2.75, 3.05) is 7.11 Å². The van der Waals surface area contributed by atoms with Gasteiger partial charge in [-0.2, -0.15) is 0 Å². The maximum atomic E-state index is 10.1. The second-order valence-corrected chi connectivity index (χ2v) is 3.16.